The molecule has 0 bridgehead atoms. The summed E-state index contributed by atoms with van der Waals surface area (Å²) in [5.41, 5.74) is 1.63. The van der Waals surface area contributed by atoms with Gasteiger partial charge in [-0.15, -0.1) is 0 Å². The van der Waals surface area contributed by atoms with Gasteiger partial charge in [0.05, 0.1) is 0 Å². The molecule has 1 aliphatic carbocycles. The van der Waals surface area contributed by atoms with Gasteiger partial charge in [-0.05, 0) is 43.8 Å². The second kappa shape index (κ2) is 5.60. The van der Waals surface area contributed by atoms with Crippen LogP contribution in [0.4, 0.5) is 4.79 Å². The van der Waals surface area contributed by atoms with Crippen molar-refractivity contribution in [1.82, 2.24) is 10.2 Å². The first-order chi connectivity index (χ1) is 9.65. The molecule has 0 aromatic heterocycles. The smallest absolute Gasteiger partial charge is 0.407 e. The molecule has 0 radical (unpaired) electrons. The molecule has 0 aromatic carbocycles. The molecule has 2 heterocycles. The molecule has 1 spiro atoms. The van der Waals surface area contributed by atoms with Gasteiger partial charge < -0.3 is 10.1 Å². The van der Waals surface area contributed by atoms with Gasteiger partial charge in [0, 0.05) is 18.5 Å². The van der Waals surface area contributed by atoms with Gasteiger partial charge in [0.1, 0.15) is 6.61 Å². The van der Waals surface area contributed by atoms with E-state index in [0.717, 1.165) is 39.0 Å². The number of nitrogens with zero attached hydrogens (tertiary/aromatic N) is 1. The number of cyclic esters (lactones) is 1. The van der Waals surface area contributed by atoms with Gasteiger partial charge in [0.2, 0.25) is 0 Å². The lowest BCUT2D eigenvalue weighted by atomic mass is 9.78. The van der Waals surface area contributed by atoms with E-state index in [0.29, 0.717) is 12.5 Å². The van der Waals surface area contributed by atoms with Crippen LogP contribution in [0.5, 0.6) is 0 Å². The van der Waals surface area contributed by atoms with Crippen LogP contribution >= 0.6 is 0 Å². The third kappa shape index (κ3) is 3.06. The van der Waals surface area contributed by atoms with Crippen molar-refractivity contribution in [2.45, 2.75) is 26.2 Å². The first-order valence-electron chi connectivity index (χ1n) is 7.65. The maximum Gasteiger partial charge on any atom is 0.407 e. The predicted octanol–water partition coefficient (Wildman–Crippen LogP) is 2.33. The third-order valence-corrected chi connectivity index (χ3v) is 4.83. The molecule has 2 saturated heterocycles. The number of ether oxygens (including phenoxy) is 1. The third-order valence-electron chi connectivity index (χ3n) is 4.83. The van der Waals surface area contributed by atoms with Crippen LogP contribution in [0.1, 0.15) is 26.2 Å². The van der Waals surface area contributed by atoms with Crippen LogP contribution < -0.4 is 5.32 Å². The molecule has 4 heteroatoms. The number of piperidine rings is 1. The molecule has 3 aliphatic rings. The Balaban J connectivity index is 1.49. The zero-order valence-corrected chi connectivity index (χ0v) is 12.2. The standard InChI is InChI=1S/C16H24N2O2/c1-13-2-4-14(5-3-13)10-18-8-6-16(7-9-18)11-17-15(19)20-12-16/h2,4-5,13H,3,6-12H2,1H3,(H,17,19). The number of rotatable bonds is 2. The highest BCUT2D eigenvalue weighted by molar-refractivity contribution is 5.68. The van der Waals surface area contributed by atoms with Gasteiger partial charge in [0.15, 0.2) is 0 Å². The summed E-state index contributed by atoms with van der Waals surface area (Å²) in [7, 11) is 0. The van der Waals surface area contributed by atoms with Gasteiger partial charge >= 0.3 is 6.09 Å². The number of hydrogen-bond acceptors (Lipinski definition) is 3. The summed E-state index contributed by atoms with van der Waals surface area (Å²) in [6.45, 7) is 6.88. The minimum Gasteiger partial charge on any atom is -0.449 e. The number of nitrogens with one attached hydrogen (secondary N) is 1. The lowest BCUT2D eigenvalue weighted by molar-refractivity contribution is 0.00845. The van der Waals surface area contributed by atoms with Crippen molar-refractivity contribution >= 4 is 6.09 Å². The molecule has 1 atom stereocenters. The summed E-state index contributed by atoms with van der Waals surface area (Å²) in [6, 6.07) is 0. The molecule has 3 rings (SSSR count). The predicted molar refractivity (Wildman–Crippen MR) is 78.5 cm³/mol. The zero-order valence-electron chi connectivity index (χ0n) is 12.2. The van der Waals surface area contributed by atoms with Gasteiger partial charge in [-0.25, -0.2) is 4.79 Å². The van der Waals surface area contributed by atoms with Crippen molar-refractivity contribution in [3.8, 4) is 0 Å². The number of hydrogen-bond donors (Lipinski definition) is 1. The van der Waals surface area contributed by atoms with Gasteiger partial charge in [0.25, 0.3) is 0 Å². The van der Waals surface area contributed by atoms with Crippen molar-refractivity contribution in [2.75, 3.05) is 32.8 Å². The number of carbonyl (C=O) groups is 1. The second-order valence-corrected chi connectivity index (χ2v) is 6.56. The maximum atomic E-state index is 11.1. The Kier molecular flexibility index (Phi) is 3.83. The Hall–Kier alpha value is -1.29. The van der Waals surface area contributed by atoms with Crippen molar-refractivity contribution in [2.24, 2.45) is 11.3 Å². The zero-order chi connectivity index (χ0) is 14.0. The van der Waals surface area contributed by atoms with Crippen LogP contribution in [-0.2, 0) is 4.74 Å². The number of allylic oxidation sites excluding steroid dienone is 2. The van der Waals surface area contributed by atoms with Crippen molar-refractivity contribution < 1.29 is 9.53 Å². The SMILES string of the molecule is CC1C=CC(CN2CCC3(CC2)CNC(=O)OC3)=CC1. The Labute approximate surface area is 120 Å². The van der Waals surface area contributed by atoms with Crippen molar-refractivity contribution in [3.63, 3.8) is 0 Å². The van der Waals surface area contributed by atoms with Gasteiger partial charge in [-0.2, -0.15) is 0 Å². The van der Waals surface area contributed by atoms with Crippen LogP contribution in [0.25, 0.3) is 0 Å². The van der Waals surface area contributed by atoms with E-state index >= 15 is 0 Å². The molecule has 1 N–H and O–H groups in total. The summed E-state index contributed by atoms with van der Waals surface area (Å²) in [5.74, 6) is 0.686. The van der Waals surface area contributed by atoms with Crippen molar-refractivity contribution in [1.29, 1.82) is 0 Å². The quantitative estimate of drug-likeness (QED) is 0.841. The Bertz CT molecular complexity index is 422. The van der Waals surface area contributed by atoms with E-state index in [1.54, 1.807) is 0 Å². The van der Waals surface area contributed by atoms with Crippen LogP contribution in [0, 0.1) is 11.3 Å². The number of carbonyl (C=O) groups excluding carboxylic acids is 1. The summed E-state index contributed by atoms with van der Waals surface area (Å²) in [4.78, 5) is 13.6. The fourth-order valence-corrected chi connectivity index (χ4v) is 3.23. The van der Waals surface area contributed by atoms with Crippen LogP contribution in [-0.4, -0.2) is 43.8 Å². The largest absolute Gasteiger partial charge is 0.449 e. The van der Waals surface area contributed by atoms with E-state index in [9.17, 15) is 4.79 Å². The van der Waals surface area contributed by atoms with E-state index in [1.165, 1.54) is 12.0 Å². The molecule has 2 aliphatic heterocycles. The summed E-state index contributed by atoms with van der Waals surface area (Å²) in [5, 5.41) is 2.84. The highest BCUT2D eigenvalue weighted by atomic mass is 16.6. The van der Waals surface area contributed by atoms with Crippen LogP contribution in [0.3, 0.4) is 0 Å². The molecular formula is C16H24N2O2. The van der Waals surface area contributed by atoms with Gasteiger partial charge in [-0.3, -0.25) is 4.90 Å². The van der Waals surface area contributed by atoms with Crippen LogP contribution in [0.15, 0.2) is 23.8 Å². The highest BCUT2D eigenvalue weighted by Gasteiger charge is 2.38. The average molecular weight is 276 g/mol. The van der Waals surface area contributed by atoms with E-state index in [4.69, 9.17) is 4.74 Å². The Morgan fingerprint density at radius 1 is 1.45 bits per heavy atom. The molecule has 0 aromatic rings. The molecule has 110 valence electrons. The van der Waals surface area contributed by atoms with E-state index in [-0.39, 0.29) is 11.5 Å². The summed E-state index contributed by atoms with van der Waals surface area (Å²) in [6.07, 6.45) is 10.1. The number of amides is 1. The lowest BCUT2D eigenvalue weighted by Crippen LogP contribution is -2.53. The Morgan fingerprint density at radius 2 is 2.25 bits per heavy atom. The minimum absolute atomic E-state index is 0.176. The Morgan fingerprint density at radius 3 is 2.85 bits per heavy atom. The highest BCUT2D eigenvalue weighted by Crippen LogP contribution is 2.33. The normalized spacial score (nSPS) is 29.8. The first-order valence-corrected chi connectivity index (χ1v) is 7.65. The topological polar surface area (TPSA) is 41.6 Å². The molecule has 1 amide bonds. The number of likely N-dealkylation sites (tertiary alicyclic amines) is 1. The molecule has 0 saturated carbocycles. The fraction of sp³-hybridized carbons (Fsp3) is 0.688. The lowest BCUT2D eigenvalue weighted by Gasteiger charge is -2.43. The van der Waals surface area contributed by atoms with E-state index in [2.05, 4.69) is 35.4 Å². The monoisotopic (exact) mass is 276 g/mol. The first kappa shape index (κ1) is 13.7. The minimum atomic E-state index is -0.260. The van der Waals surface area contributed by atoms with Gasteiger partial charge in [-0.1, -0.05) is 25.2 Å². The van der Waals surface area contributed by atoms with E-state index in [1.807, 2.05) is 0 Å². The molecule has 1 unspecified atom stereocenters. The van der Waals surface area contributed by atoms with Crippen LogP contribution in [0.2, 0.25) is 0 Å². The second-order valence-electron chi connectivity index (χ2n) is 6.56. The molecule has 4 nitrogen and oxygen atoms in total. The van der Waals surface area contributed by atoms with Crippen molar-refractivity contribution in [3.05, 3.63) is 23.8 Å². The number of alkyl carbamates (subject to hydrolysis) is 1. The summed E-state index contributed by atoms with van der Waals surface area (Å²) >= 11 is 0. The molecule has 20 heavy (non-hydrogen) atoms. The molecule has 2 fully saturated rings. The maximum absolute atomic E-state index is 11.1. The fourth-order valence-electron chi connectivity index (χ4n) is 3.23. The average Bonchev–Trinajstić information content (AvgIpc) is 2.47. The summed E-state index contributed by atoms with van der Waals surface area (Å²) < 4.78 is 5.18. The van der Waals surface area contributed by atoms with E-state index < -0.39 is 0 Å². The molecular weight excluding hydrogens is 252 g/mol.